The van der Waals surface area contributed by atoms with Crippen LogP contribution in [0.3, 0.4) is 0 Å². The fourth-order valence-corrected chi connectivity index (χ4v) is 5.32. The zero-order chi connectivity index (χ0) is 22.5. The van der Waals surface area contributed by atoms with Crippen LogP contribution in [0.15, 0.2) is 41.2 Å². The fraction of sp³-hybridized carbons (Fsp3) is 0.391. The molecule has 0 radical (unpaired) electrons. The Balaban J connectivity index is 1.45. The summed E-state index contributed by atoms with van der Waals surface area (Å²) >= 11 is 2.77. The number of benzene rings is 1. The van der Waals surface area contributed by atoms with Gasteiger partial charge in [0.15, 0.2) is 16.9 Å². The second kappa shape index (κ2) is 10.2. The molecule has 1 unspecified atom stereocenters. The van der Waals surface area contributed by atoms with Crippen molar-refractivity contribution >= 4 is 39.7 Å². The normalized spacial score (nSPS) is 15.2. The monoisotopic (exact) mass is 471 g/mol. The zero-order valence-corrected chi connectivity index (χ0v) is 19.7. The maximum atomic E-state index is 13.3. The molecule has 1 aliphatic rings. The number of ether oxygens (including phenoxy) is 2. The van der Waals surface area contributed by atoms with Crippen molar-refractivity contribution < 1.29 is 19.1 Å². The van der Waals surface area contributed by atoms with Gasteiger partial charge in [-0.1, -0.05) is 19.3 Å². The van der Waals surface area contributed by atoms with Gasteiger partial charge >= 0.3 is 5.97 Å². The molecule has 0 N–H and O–H groups in total. The molecular formula is C23H25N3O4S2. The summed E-state index contributed by atoms with van der Waals surface area (Å²) in [5, 5.41) is 4.86. The molecule has 1 fully saturated rings. The number of methoxy groups -OCH3 is 1. The van der Waals surface area contributed by atoms with E-state index in [0.717, 1.165) is 37.0 Å². The first-order valence-corrected chi connectivity index (χ1v) is 12.4. The summed E-state index contributed by atoms with van der Waals surface area (Å²) in [4.78, 5) is 36.5. The van der Waals surface area contributed by atoms with E-state index in [4.69, 9.17) is 9.47 Å². The van der Waals surface area contributed by atoms with Crippen LogP contribution in [-0.4, -0.2) is 41.1 Å². The highest BCUT2D eigenvalue weighted by molar-refractivity contribution is 7.14. The van der Waals surface area contributed by atoms with Gasteiger partial charge < -0.3 is 9.47 Å². The van der Waals surface area contributed by atoms with Crippen molar-refractivity contribution in [3.63, 3.8) is 0 Å². The molecule has 168 valence electrons. The van der Waals surface area contributed by atoms with Crippen molar-refractivity contribution in [2.24, 2.45) is 0 Å². The van der Waals surface area contributed by atoms with E-state index < -0.39 is 12.1 Å². The molecule has 1 amide bonds. The standard InChI is InChI=1S/C23H25N3O4S2/c1-15(21(27)26(23-24-12-13-31-23)17-6-4-3-5-7-17)30-22(28)19-14-32-20(25-19)16-8-10-18(29-2)11-9-16/h8-15,17H,3-7H2,1-2H3. The molecule has 2 heterocycles. The Morgan fingerprint density at radius 3 is 2.53 bits per heavy atom. The number of carbonyl (C=O) groups excluding carboxylic acids is 2. The van der Waals surface area contributed by atoms with Crippen LogP contribution in [0.25, 0.3) is 10.6 Å². The lowest BCUT2D eigenvalue weighted by Gasteiger charge is -2.33. The van der Waals surface area contributed by atoms with Crippen molar-refractivity contribution in [2.45, 2.75) is 51.2 Å². The molecule has 1 aromatic carbocycles. The quantitative estimate of drug-likeness (QED) is 0.441. The summed E-state index contributed by atoms with van der Waals surface area (Å²) in [5.74, 6) is -0.101. The van der Waals surface area contributed by atoms with Gasteiger partial charge in [-0.15, -0.1) is 22.7 Å². The third kappa shape index (κ3) is 4.99. The van der Waals surface area contributed by atoms with Crippen LogP contribution < -0.4 is 9.64 Å². The third-order valence-corrected chi connectivity index (χ3v) is 7.15. The Morgan fingerprint density at radius 2 is 1.88 bits per heavy atom. The molecule has 32 heavy (non-hydrogen) atoms. The number of nitrogens with zero attached hydrogens (tertiary/aromatic N) is 3. The summed E-state index contributed by atoms with van der Waals surface area (Å²) in [6.45, 7) is 1.61. The van der Waals surface area contributed by atoms with Gasteiger partial charge in [-0.25, -0.2) is 14.8 Å². The molecule has 2 aromatic heterocycles. The van der Waals surface area contributed by atoms with Crippen molar-refractivity contribution in [3.05, 3.63) is 46.9 Å². The third-order valence-electron chi connectivity index (χ3n) is 5.48. The minimum absolute atomic E-state index is 0.0875. The van der Waals surface area contributed by atoms with Crippen LogP contribution in [0.2, 0.25) is 0 Å². The van der Waals surface area contributed by atoms with Gasteiger partial charge in [-0.3, -0.25) is 9.69 Å². The summed E-state index contributed by atoms with van der Waals surface area (Å²) in [7, 11) is 1.61. The number of esters is 1. The van der Waals surface area contributed by atoms with Gasteiger partial charge in [0.05, 0.1) is 7.11 Å². The SMILES string of the molecule is COc1ccc(-c2nc(C(=O)OC(C)C(=O)N(c3nccs3)C3CCCCC3)cs2)cc1. The average Bonchev–Trinajstić information content (AvgIpc) is 3.53. The number of hydrogen-bond acceptors (Lipinski definition) is 8. The van der Waals surface area contributed by atoms with Gasteiger partial charge in [0.2, 0.25) is 0 Å². The number of hydrogen-bond donors (Lipinski definition) is 0. The minimum Gasteiger partial charge on any atom is -0.497 e. The summed E-state index contributed by atoms with van der Waals surface area (Å²) in [5.41, 5.74) is 1.07. The van der Waals surface area contributed by atoms with Crippen LogP contribution in [0.5, 0.6) is 5.75 Å². The van der Waals surface area contributed by atoms with E-state index in [2.05, 4.69) is 9.97 Å². The van der Waals surface area contributed by atoms with E-state index in [0.29, 0.717) is 10.1 Å². The predicted octanol–water partition coefficient (Wildman–Crippen LogP) is 5.19. The second-order valence-corrected chi connectivity index (χ2v) is 9.36. The Kier molecular flexibility index (Phi) is 7.16. The Labute approximate surface area is 195 Å². The minimum atomic E-state index is -0.931. The first-order valence-electron chi connectivity index (χ1n) is 10.6. The zero-order valence-electron chi connectivity index (χ0n) is 18.0. The number of anilines is 1. The highest BCUT2D eigenvalue weighted by Crippen LogP contribution is 2.30. The molecule has 4 rings (SSSR count). The molecule has 1 aliphatic carbocycles. The molecule has 0 aliphatic heterocycles. The highest BCUT2D eigenvalue weighted by atomic mass is 32.1. The maximum Gasteiger partial charge on any atom is 0.358 e. The first kappa shape index (κ1) is 22.4. The van der Waals surface area contributed by atoms with E-state index in [-0.39, 0.29) is 17.6 Å². The topological polar surface area (TPSA) is 81.6 Å². The lowest BCUT2D eigenvalue weighted by Crippen LogP contribution is -2.47. The maximum absolute atomic E-state index is 13.3. The molecule has 7 nitrogen and oxygen atoms in total. The van der Waals surface area contributed by atoms with Gasteiger partial charge in [-0.05, 0) is 44.0 Å². The highest BCUT2D eigenvalue weighted by Gasteiger charge is 2.33. The second-order valence-electron chi connectivity index (χ2n) is 7.63. The number of aromatic nitrogens is 2. The summed E-state index contributed by atoms with van der Waals surface area (Å²) in [6.07, 6.45) is 5.98. The number of rotatable bonds is 7. The Bertz CT molecular complexity index is 1040. The smallest absolute Gasteiger partial charge is 0.358 e. The lowest BCUT2D eigenvalue weighted by atomic mass is 9.94. The van der Waals surface area contributed by atoms with Crippen LogP contribution >= 0.6 is 22.7 Å². The molecule has 0 spiro atoms. The molecule has 0 saturated heterocycles. The molecule has 1 atom stereocenters. The molecule has 0 bridgehead atoms. The summed E-state index contributed by atoms with van der Waals surface area (Å²) < 4.78 is 10.7. The molecule has 1 saturated carbocycles. The molecular weight excluding hydrogens is 446 g/mol. The van der Waals surface area contributed by atoms with E-state index in [9.17, 15) is 9.59 Å². The lowest BCUT2D eigenvalue weighted by molar-refractivity contribution is -0.127. The van der Waals surface area contributed by atoms with Gasteiger partial charge in [0.1, 0.15) is 10.8 Å². The molecule has 3 aromatic rings. The van der Waals surface area contributed by atoms with E-state index in [1.165, 1.54) is 29.1 Å². The van der Waals surface area contributed by atoms with Crippen molar-refractivity contribution in [1.29, 1.82) is 0 Å². The Hall–Kier alpha value is -2.78. The largest absolute Gasteiger partial charge is 0.497 e. The van der Waals surface area contributed by atoms with Crippen LogP contribution in [0.4, 0.5) is 5.13 Å². The van der Waals surface area contributed by atoms with Gasteiger partial charge in [0.25, 0.3) is 5.91 Å². The van der Waals surface area contributed by atoms with Crippen LogP contribution in [0.1, 0.15) is 49.5 Å². The van der Waals surface area contributed by atoms with Gasteiger partial charge in [-0.2, -0.15) is 0 Å². The van der Waals surface area contributed by atoms with E-state index in [1.54, 1.807) is 30.5 Å². The van der Waals surface area contributed by atoms with E-state index >= 15 is 0 Å². The summed E-state index contributed by atoms with van der Waals surface area (Å²) in [6, 6.07) is 7.54. The average molecular weight is 472 g/mol. The van der Waals surface area contributed by atoms with Crippen molar-refractivity contribution in [3.8, 4) is 16.3 Å². The van der Waals surface area contributed by atoms with Crippen LogP contribution in [-0.2, 0) is 9.53 Å². The fourth-order valence-electron chi connectivity index (χ4n) is 3.81. The number of carbonyl (C=O) groups is 2. The number of amides is 1. The van der Waals surface area contributed by atoms with Crippen LogP contribution in [0, 0.1) is 0 Å². The Morgan fingerprint density at radius 1 is 1.12 bits per heavy atom. The first-order chi connectivity index (χ1) is 15.6. The number of thiazole rings is 2. The molecule has 9 heteroatoms. The predicted molar refractivity (Wildman–Crippen MR) is 125 cm³/mol. The van der Waals surface area contributed by atoms with Gasteiger partial charge in [0, 0.05) is 28.6 Å². The van der Waals surface area contributed by atoms with Crippen molar-refractivity contribution in [2.75, 3.05) is 12.0 Å². The van der Waals surface area contributed by atoms with Crippen molar-refractivity contribution in [1.82, 2.24) is 9.97 Å². The van der Waals surface area contributed by atoms with E-state index in [1.807, 2.05) is 29.6 Å².